The minimum absolute atomic E-state index is 0.0850. The Morgan fingerprint density at radius 3 is 2.52 bits per heavy atom. The number of H-pyrrole nitrogens is 1. The number of aromatic amines is 1. The molecule has 3 rings (SSSR count). The van der Waals surface area contributed by atoms with Crippen molar-refractivity contribution in [3.63, 3.8) is 0 Å². The van der Waals surface area contributed by atoms with Gasteiger partial charge in [0.1, 0.15) is 5.69 Å². The zero-order valence-electron chi connectivity index (χ0n) is 12.3. The third kappa shape index (κ3) is 3.41. The van der Waals surface area contributed by atoms with E-state index in [4.69, 9.17) is 11.5 Å². The number of benzene rings is 1. The quantitative estimate of drug-likeness (QED) is 0.289. The molecule has 1 aromatic carbocycles. The molecular formula is C16H16N7+. The Labute approximate surface area is 133 Å². The maximum atomic E-state index is 5.29. The van der Waals surface area contributed by atoms with Gasteiger partial charge in [-0.25, -0.2) is 0 Å². The van der Waals surface area contributed by atoms with Gasteiger partial charge in [0.15, 0.2) is 0 Å². The standard InChI is InChI=1S/C16H15N7/c17-16(18)21-20-10-13-11-23(14-4-2-1-3-5-14)22-15(13)12-6-8-19-9-7-12/h1-11H,(H4,17,18,21)/p+1/b20-10+. The molecule has 0 aliphatic heterocycles. The van der Waals surface area contributed by atoms with Crippen molar-refractivity contribution in [2.45, 2.75) is 0 Å². The number of nitrogens with one attached hydrogen (secondary N) is 1. The molecule has 2 aromatic heterocycles. The summed E-state index contributed by atoms with van der Waals surface area (Å²) >= 11 is 0. The van der Waals surface area contributed by atoms with E-state index in [2.05, 4.69) is 20.3 Å². The zero-order chi connectivity index (χ0) is 16.1. The highest BCUT2D eigenvalue weighted by Crippen LogP contribution is 2.18. The topological polar surface area (TPSA) is 109 Å². The highest BCUT2D eigenvalue weighted by Gasteiger charge is 2.16. The summed E-state index contributed by atoms with van der Waals surface area (Å²) in [7, 11) is 0. The average Bonchev–Trinajstić information content (AvgIpc) is 3.00. The van der Waals surface area contributed by atoms with Gasteiger partial charge in [-0.2, -0.15) is 10.2 Å². The summed E-state index contributed by atoms with van der Waals surface area (Å²) in [4.78, 5) is 4.04. The van der Waals surface area contributed by atoms with E-state index < -0.39 is 0 Å². The van der Waals surface area contributed by atoms with Crippen molar-refractivity contribution in [1.82, 2.24) is 10.1 Å². The Bertz CT molecular complexity index is 831. The van der Waals surface area contributed by atoms with E-state index >= 15 is 0 Å². The molecular weight excluding hydrogens is 290 g/mol. The number of rotatable bonds is 4. The van der Waals surface area contributed by atoms with Crippen LogP contribution in [-0.2, 0) is 0 Å². The molecule has 0 aliphatic carbocycles. The summed E-state index contributed by atoms with van der Waals surface area (Å²) in [6, 6.07) is 13.8. The molecule has 0 spiro atoms. The molecule has 23 heavy (non-hydrogen) atoms. The van der Waals surface area contributed by atoms with Gasteiger partial charge in [-0.3, -0.25) is 4.98 Å². The molecule has 5 N–H and O–H groups in total. The molecule has 0 bridgehead atoms. The van der Waals surface area contributed by atoms with Gasteiger partial charge in [-0.1, -0.05) is 22.9 Å². The monoisotopic (exact) mass is 306 g/mol. The van der Waals surface area contributed by atoms with Crippen LogP contribution in [0.2, 0.25) is 0 Å². The van der Waals surface area contributed by atoms with Crippen LogP contribution in [0.1, 0.15) is 5.56 Å². The molecule has 0 saturated heterocycles. The lowest BCUT2D eigenvalue weighted by molar-refractivity contribution is -0.654. The van der Waals surface area contributed by atoms with E-state index in [9.17, 15) is 0 Å². The van der Waals surface area contributed by atoms with Gasteiger partial charge >= 0.3 is 0 Å². The molecule has 2 heterocycles. The molecule has 0 aliphatic rings. The summed E-state index contributed by atoms with van der Waals surface area (Å²) < 4.78 is 1.91. The van der Waals surface area contributed by atoms with Crippen LogP contribution in [0.25, 0.3) is 16.9 Å². The van der Waals surface area contributed by atoms with E-state index in [1.54, 1.807) is 18.6 Å². The van der Waals surface area contributed by atoms with Crippen LogP contribution in [0.4, 0.5) is 0 Å². The summed E-state index contributed by atoms with van der Waals surface area (Å²) in [6.07, 6.45) is 7.00. The fourth-order valence-electron chi connectivity index (χ4n) is 2.15. The van der Waals surface area contributed by atoms with Gasteiger partial charge in [0.25, 0.3) is 0 Å². The fraction of sp³-hybridized carbons (Fsp3) is 0. The second kappa shape index (κ2) is 6.52. The highest BCUT2D eigenvalue weighted by molar-refractivity contribution is 5.88. The van der Waals surface area contributed by atoms with E-state index in [1.165, 1.54) is 0 Å². The largest absolute Gasteiger partial charge is 0.369 e. The van der Waals surface area contributed by atoms with Crippen molar-refractivity contribution in [2.75, 3.05) is 0 Å². The predicted octanol–water partition coefficient (Wildman–Crippen LogP) is 0.961. The van der Waals surface area contributed by atoms with Crippen molar-refractivity contribution in [2.24, 2.45) is 21.7 Å². The maximum Gasteiger partial charge on any atom is 0.235 e. The first-order chi connectivity index (χ1) is 11.2. The lowest BCUT2D eigenvalue weighted by atomic mass is 10.1. The highest BCUT2D eigenvalue weighted by atomic mass is 15.3. The van der Waals surface area contributed by atoms with Crippen LogP contribution < -0.4 is 16.1 Å². The SMILES string of the molecule is NC(N)=N/N=C/c1c[n+](-c2ccccc2)[nH]c1-c1ccncc1. The van der Waals surface area contributed by atoms with Crippen LogP contribution in [0.5, 0.6) is 0 Å². The van der Waals surface area contributed by atoms with Gasteiger partial charge in [0, 0.05) is 30.1 Å². The van der Waals surface area contributed by atoms with Crippen molar-refractivity contribution in [1.29, 1.82) is 0 Å². The number of pyridine rings is 1. The number of hydrogen-bond donors (Lipinski definition) is 3. The zero-order valence-corrected chi connectivity index (χ0v) is 12.3. The number of para-hydroxylation sites is 1. The number of aromatic nitrogens is 3. The van der Waals surface area contributed by atoms with E-state index in [0.717, 1.165) is 22.5 Å². The number of nitrogens with two attached hydrogens (primary N) is 2. The molecule has 0 saturated carbocycles. The van der Waals surface area contributed by atoms with Crippen molar-refractivity contribution < 1.29 is 4.68 Å². The third-order valence-electron chi connectivity index (χ3n) is 3.16. The van der Waals surface area contributed by atoms with Gasteiger partial charge < -0.3 is 11.5 Å². The smallest absolute Gasteiger partial charge is 0.235 e. The van der Waals surface area contributed by atoms with Gasteiger partial charge in [0.05, 0.1) is 11.8 Å². The Kier molecular flexibility index (Phi) is 4.10. The lowest BCUT2D eigenvalue weighted by Gasteiger charge is -1.95. The first-order valence-corrected chi connectivity index (χ1v) is 6.96. The van der Waals surface area contributed by atoms with Crippen molar-refractivity contribution >= 4 is 12.2 Å². The van der Waals surface area contributed by atoms with Gasteiger partial charge in [-0.15, -0.1) is 5.10 Å². The molecule has 7 nitrogen and oxygen atoms in total. The molecule has 114 valence electrons. The molecule has 0 fully saturated rings. The number of guanidine groups is 1. The molecule has 0 atom stereocenters. The Hall–Kier alpha value is -3.48. The summed E-state index contributed by atoms with van der Waals surface area (Å²) in [5, 5.41) is 10.9. The fourth-order valence-corrected chi connectivity index (χ4v) is 2.15. The van der Waals surface area contributed by atoms with E-state index in [0.29, 0.717) is 0 Å². The van der Waals surface area contributed by atoms with Crippen LogP contribution in [0.3, 0.4) is 0 Å². The minimum atomic E-state index is -0.0850. The molecule has 0 unspecified atom stereocenters. The average molecular weight is 306 g/mol. The predicted molar refractivity (Wildman–Crippen MR) is 89.0 cm³/mol. The lowest BCUT2D eigenvalue weighted by Crippen LogP contribution is -2.31. The molecule has 7 heteroatoms. The second-order valence-electron chi connectivity index (χ2n) is 4.78. The van der Waals surface area contributed by atoms with Crippen LogP contribution >= 0.6 is 0 Å². The van der Waals surface area contributed by atoms with Crippen LogP contribution in [0.15, 0.2) is 71.3 Å². The minimum Gasteiger partial charge on any atom is -0.369 e. The van der Waals surface area contributed by atoms with Gasteiger partial charge in [-0.05, 0) is 12.1 Å². The normalized spacial score (nSPS) is 10.8. The third-order valence-corrected chi connectivity index (χ3v) is 3.16. The first-order valence-electron chi connectivity index (χ1n) is 6.96. The molecule has 0 radical (unpaired) electrons. The first kappa shape index (κ1) is 14.5. The Balaban J connectivity index is 2.07. The van der Waals surface area contributed by atoms with Crippen LogP contribution in [-0.4, -0.2) is 22.3 Å². The molecule has 3 aromatic rings. The van der Waals surface area contributed by atoms with Crippen molar-refractivity contribution in [3.05, 3.63) is 66.6 Å². The summed E-state index contributed by atoms with van der Waals surface area (Å²) in [6.45, 7) is 0. The second-order valence-corrected chi connectivity index (χ2v) is 4.78. The Morgan fingerprint density at radius 2 is 1.83 bits per heavy atom. The summed E-state index contributed by atoms with van der Waals surface area (Å²) in [5.41, 5.74) is 14.3. The number of hydrogen-bond acceptors (Lipinski definition) is 3. The Morgan fingerprint density at radius 1 is 1.09 bits per heavy atom. The summed E-state index contributed by atoms with van der Waals surface area (Å²) in [5.74, 6) is -0.0850. The van der Waals surface area contributed by atoms with Gasteiger partial charge in [0.2, 0.25) is 17.8 Å². The molecule has 0 amide bonds. The van der Waals surface area contributed by atoms with Crippen molar-refractivity contribution in [3.8, 4) is 16.9 Å². The number of nitrogens with zero attached hydrogens (tertiary/aromatic N) is 4. The van der Waals surface area contributed by atoms with E-state index in [-0.39, 0.29) is 5.96 Å². The maximum absolute atomic E-state index is 5.29. The van der Waals surface area contributed by atoms with E-state index in [1.807, 2.05) is 53.3 Å². The van der Waals surface area contributed by atoms with Crippen LogP contribution in [0, 0.1) is 0 Å².